The molecule has 0 aromatic carbocycles. The minimum atomic E-state index is -0.863. The number of aliphatic hydroxyl groups is 2. The average molecular weight is 931 g/mol. The number of rotatable bonds is 55. The number of ether oxygens (including phenoxy) is 1. The van der Waals surface area contributed by atoms with Crippen LogP contribution in [0.1, 0.15) is 322 Å². The summed E-state index contributed by atoms with van der Waals surface area (Å²) in [6.07, 6.45) is 67.8. The van der Waals surface area contributed by atoms with Crippen molar-refractivity contribution in [2.24, 2.45) is 0 Å². The molecule has 0 rings (SSSR count). The quantitative estimate of drug-likeness (QED) is 0.0321. The van der Waals surface area contributed by atoms with Crippen LogP contribution in [-0.4, -0.2) is 47.4 Å². The Morgan fingerprint density at radius 2 is 0.712 bits per heavy atom. The van der Waals surface area contributed by atoms with E-state index in [0.717, 1.165) is 83.5 Å². The SMILES string of the molecule is CCCCCCCCCCCCCCCCCCCCC/C=C/C(O)C(CO)NC(=O)CCCCCCC/C=C\CCCCOC(=O)CCCCCCCCCCCCCCCCCCC. The molecule has 0 aromatic rings. The molecule has 0 bridgehead atoms. The van der Waals surface area contributed by atoms with Crippen molar-refractivity contribution in [3.63, 3.8) is 0 Å². The Balaban J connectivity index is 3.52. The van der Waals surface area contributed by atoms with Gasteiger partial charge in [0.05, 0.1) is 25.4 Å². The third kappa shape index (κ3) is 51.7. The van der Waals surface area contributed by atoms with Gasteiger partial charge >= 0.3 is 5.97 Å². The lowest BCUT2D eigenvalue weighted by molar-refractivity contribution is -0.143. The fourth-order valence-electron chi connectivity index (χ4n) is 9.16. The predicted molar refractivity (Wildman–Crippen MR) is 287 cm³/mol. The number of carbonyl (C=O) groups excluding carboxylic acids is 2. The molecule has 6 heteroatoms. The van der Waals surface area contributed by atoms with Crippen LogP contribution in [0.3, 0.4) is 0 Å². The average Bonchev–Trinajstić information content (AvgIpc) is 3.32. The van der Waals surface area contributed by atoms with Crippen LogP contribution in [0.5, 0.6) is 0 Å². The summed E-state index contributed by atoms with van der Waals surface area (Å²) in [7, 11) is 0. The largest absolute Gasteiger partial charge is 0.466 e. The molecule has 0 spiro atoms. The van der Waals surface area contributed by atoms with E-state index in [0.29, 0.717) is 19.4 Å². The molecule has 0 aliphatic carbocycles. The van der Waals surface area contributed by atoms with E-state index in [2.05, 4.69) is 31.3 Å². The lowest BCUT2D eigenvalue weighted by Gasteiger charge is -2.20. The highest BCUT2D eigenvalue weighted by atomic mass is 16.5. The molecule has 0 saturated carbocycles. The van der Waals surface area contributed by atoms with E-state index in [1.165, 1.54) is 212 Å². The van der Waals surface area contributed by atoms with Crippen molar-refractivity contribution in [1.29, 1.82) is 0 Å². The number of unbranched alkanes of at least 4 members (excludes halogenated alkanes) is 42. The van der Waals surface area contributed by atoms with Gasteiger partial charge in [0, 0.05) is 12.8 Å². The maximum atomic E-state index is 12.5. The van der Waals surface area contributed by atoms with Crippen LogP contribution in [-0.2, 0) is 14.3 Å². The summed E-state index contributed by atoms with van der Waals surface area (Å²) in [5, 5.41) is 23.2. The van der Waals surface area contributed by atoms with E-state index in [4.69, 9.17) is 4.74 Å². The van der Waals surface area contributed by atoms with Crippen LogP contribution in [0.2, 0.25) is 0 Å². The third-order valence-electron chi connectivity index (χ3n) is 13.7. The van der Waals surface area contributed by atoms with E-state index >= 15 is 0 Å². The van der Waals surface area contributed by atoms with Crippen LogP contribution in [0.15, 0.2) is 24.3 Å². The van der Waals surface area contributed by atoms with Gasteiger partial charge in [-0.3, -0.25) is 9.59 Å². The molecule has 0 heterocycles. The van der Waals surface area contributed by atoms with Gasteiger partial charge in [0.25, 0.3) is 0 Å². The summed E-state index contributed by atoms with van der Waals surface area (Å²) in [4.78, 5) is 24.5. The summed E-state index contributed by atoms with van der Waals surface area (Å²) < 4.78 is 5.45. The molecule has 1 amide bonds. The van der Waals surface area contributed by atoms with Crippen LogP contribution in [0.25, 0.3) is 0 Å². The fraction of sp³-hybridized carbons (Fsp3) is 0.900. The number of aliphatic hydroxyl groups excluding tert-OH is 2. The number of hydrogen-bond donors (Lipinski definition) is 3. The van der Waals surface area contributed by atoms with E-state index < -0.39 is 12.1 Å². The van der Waals surface area contributed by atoms with Crippen molar-refractivity contribution in [2.75, 3.05) is 13.2 Å². The van der Waals surface area contributed by atoms with Gasteiger partial charge in [-0.25, -0.2) is 0 Å². The standard InChI is InChI=1S/C60H115NO5/c1-3-5-7-9-11-13-15-17-19-21-22-23-24-26-27-29-32-36-40-44-48-52-58(63)57(56-62)61-59(64)53-49-45-41-37-33-31-35-39-43-47-51-55-66-60(65)54-50-46-42-38-34-30-28-25-20-18-16-14-12-10-8-6-4-2/h35,39,48,52,57-58,62-63H,3-34,36-38,40-47,49-51,53-56H2,1-2H3,(H,61,64)/b39-35-,52-48+. The Labute approximate surface area is 411 Å². The number of esters is 1. The number of hydrogen-bond acceptors (Lipinski definition) is 5. The molecule has 0 saturated heterocycles. The van der Waals surface area contributed by atoms with Gasteiger partial charge in [-0.05, 0) is 57.8 Å². The normalized spacial score (nSPS) is 12.7. The Hall–Kier alpha value is -1.66. The summed E-state index contributed by atoms with van der Waals surface area (Å²) in [6, 6.07) is -0.649. The first-order chi connectivity index (χ1) is 32.5. The van der Waals surface area contributed by atoms with Crippen LogP contribution < -0.4 is 5.32 Å². The van der Waals surface area contributed by atoms with Gasteiger partial charge in [-0.1, -0.05) is 276 Å². The lowest BCUT2D eigenvalue weighted by Crippen LogP contribution is -2.45. The molecule has 0 aromatic heterocycles. The second-order valence-electron chi connectivity index (χ2n) is 20.3. The van der Waals surface area contributed by atoms with Gasteiger partial charge in [-0.15, -0.1) is 0 Å². The molecule has 0 aliphatic rings. The molecule has 0 aliphatic heterocycles. The van der Waals surface area contributed by atoms with Crippen molar-refractivity contribution in [2.45, 2.75) is 334 Å². The molecule has 3 N–H and O–H groups in total. The fourth-order valence-corrected chi connectivity index (χ4v) is 9.16. The molecule has 2 unspecified atom stereocenters. The van der Waals surface area contributed by atoms with Gasteiger partial charge in [0.15, 0.2) is 0 Å². The summed E-state index contributed by atoms with van der Waals surface area (Å²) in [6.45, 7) is 4.85. The second kappa shape index (κ2) is 55.9. The lowest BCUT2D eigenvalue weighted by atomic mass is 10.0. The maximum absolute atomic E-state index is 12.5. The number of nitrogens with one attached hydrogen (secondary N) is 1. The smallest absolute Gasteiger partial charge is 0.305 e. The molecule has 6 nitrogen and oxygen atoms in total. The molecule has 2 atom stereocenters. The predicted octanol–water partition coefficient (Wildman–Crippen LogP) is 18.2. The topological polar surface area (TPSA) is 95.9 Å². The zero-order chi connectivity index (χ0) is 47.9. The van der Waals surface area contributed by atoms with Gasteiger partial charge < -0.3 is 20.3 Å². The van der Waals surface area contributed by atoms with Crippen molar-refractivity contribution >= 4 is 11.9 Å². The van der Waals surface area contributed by atoms with Crippen molar-refractivity contribution < 1.29 is 24.5 Å². The molecular formula is C60H115NO5. The zero-order valence-electron chi connectivity index (χ0n) is 44.4. The Morgan fingerprint density at radius 3 is 1.08 bits per heavy atom. The molecule has 0 radical (unpaired) electrons. The van der Waals surface area contributed by atoms with E-state index in [9.17, 15) is 19.8 Å². The third-order valence-corrected chi connectivity index (χ3v) is 13.7. The zero-order valence-corrected chi connectivity index (χ0v) is 44.4. The Morgan fingerprint density at radius 1 is 0.409 bits per heavy atom. The summed E-state index contributed by atoms with van der Waals surface area (Å²) in [5.74, 6) is -0.122. The first-order valence-corrected chi connectivity index (χ1v) is 29.6. The molecule has 66 heavy (non-hydrogen) atoms. The van der Waals surface area contributed by atoms with Crippen LogP contribution in [0, 0.1) is 0 Å². The highest BCUT2D eigenvalue weighted by Crippen LogP contribution is 2.17. The van der Waals surface area contributed by atoms with Gasteiger partial charge in [-0.2, -0.15) is 0 Å². The molecular weight excluding hydrogens is 815 g/mol. The van der Waals surface area contributed by atoms with Crippen LogP contribution >= 0.6 is 0 Å². The molecule has 0 fully saturated rings. The first-order valence-electron chi connectivity index (χ1n) is 29.6. The molecule has 390 valence electrons. The van der Waals surface area contributed by atoms with Gasteiger partial charge in [0.1, 0.15) is 0 Å². The highest BCUT2D eigenvalue weighted by Gasteiger charge is 2.18. The number of amides is 1. The van der Waals surface area contributed by atoms with Gasteiger partial charge in [0.2, 0.25) is 5.91 Å². The van der Waals surface area contributed by atoms with Crippen molar-refractivity contribution in [1.82, 2.24) is 5.32 Å². The number of carbonyl (C=O) groups is 2. The monoisotopic (exact) mass is 930 g/mol. The minimum absolute atomic E-state index is 0.0285. The van der Waals surface area contributed by atoms with Crippen LogP contribution in [0.4, 0.5) is 0 Å². The van der Waals surface area contributed by atoms with Crippen molar-refractivity contribution in [3.8, 4) is 0 Å². The second-order valence-corrected chi connectivity index (χ2v) is 20.3. The Kier molecular flexibility index (Phi) is 54.5. The van der Waals surface area contributed by atoms with Crippen molar-refractivity contribution in [3.05, 3.63) is 24.3 Å². The summed E-state index contributed by atoms with van der Waals surface area (Å²) >= 11 is 0. The minimum Gasteiger partial charge on any atom is -0.466 e. The highest BCUT2D eigenvalue weighted by molar-refractivity contribution is 5.76. The number of allylic oxidation sites excluding steroid dienone is 3. The maximum Gasteiger partial charge on any atom is 0.305 e. The Bertz CT molecular complexity index is 1030. The summed E-state index contributed by atoms with van der Waals surface area (Å²) in [5.41, 5.74) is 0. The van der Waals surface area contributed by atoms with E-state index in [1.54, 1.807) is 6.08 Å². The first kappa shape index (κ1) is 64.3. The van der Waals surface area contributed by atoms with E-state index in [-0.39, 0.29) is 18.5 Å². The van der Waals surface area contributed by atoms with E-state index in [1.807, 2.05) is 6.08 Å².